The van der Waals surface area contributed by atoms with Crippen molar-refractivity contribution in [1.29, 1.82) is 0 Å². The Bertz CT molecular complexity index is 229. The van der Waals surface area contributed by atoms with E-state index < -0.39 is 49.5 Å². The molecule has 1 rings (SSSR count). The van der Waals surface area contributed by atoms with E-state index in [4.69, 9.17) is 14.9 Å². The number of carboxylic acid groups (broad SMARTS) is 1. The highest BCUT2D eigenvalue weighted by molar-refractivity contribution is 5.67. The standard InChI is InChI=1S/C8H14O7/c9-2-4-7(13)8(14)6(12)3(15-4)1-5(10)11/h3-4,6-9,12-14H,1-2H2,(H,10,11)/t3-,4+,6-,7+,8+/m0/s1. The van der Waals surface area contributed by atoms with E-state index in [9.17, 15) is 20.1 Å². The molecule has 1 aliphatic rings. The number of hydrogen-bond donors (Lipinski definition) is 5. The molecule has 1 aliphatic heterocycles. The summed E-state index contributed by atoms with van der Waals surface area (Å²) < 4.78 is 4.95. The lowest BCUT2D eigenvalue weighted by atomic mass is 9.94. The number of rotatable bonds is 3. The number of hydrogen-bond acceptors (Lipinski definition) is 6. The van der Waals surface area contributed by atoms with Crippen molar-refractivity contribution in [3.63, 3.8) is 0 Å². The molecule has 1 saturated heterocycles. The van der Waals surface area contributed by atoms with Crippen molar-refractivity contribution >= 4 is 5.97 Å². The third kappa shape index (κ3) is 2.64. The molecule has 5 atom stereocenters. The number of ether oxygens (including phenoxy) is 1. The zero-order valence-electron chi connectivity index (χ0n) is 7.85. The Balaban J connectivity index is 2.69. The summed E-state index contributed by atoms with van der Waals surface area (Å²) in [5.74, 6) is -1.20. The minimum Gasteiger partial charge on any atom is -0.481 e. The van der Waals surface area contributed by atoms with E-state index in [0.717, 1.165) is 0 Å². The van der Waals surface area contributed by atoms with Crippen molar-refractivity contribution < 1.29 is 35.1 Å². The highest BCUT2D eigenvalue weighted by Crippen LogP contribution is 2.22. The first-order valence-corrected chi connectivity index (χ1v) is 4.49. The predicted octanol–water partition coefficient (Wildman–Crippen LogP) is -2.70. The normalized spacial score (nSPS) is 41.5. The average Bonchev–Trinajstić information content (AvgIpc) is 2.18. The van der Waals surface area contributed by atoms with E-state index in [-0.39, 0.29) is 0 Å². The highest BCUT2D eigenvalue weighted by Gasteiger charge is 2.43. The molecule has 0 saturated carbocycles. The number of aliphatic hydroxyl groups excluding tert-OH is 4. The fourth-order valence-electron chi connectivity index (χ4n) is 1.52. The second-order valence-electron chi connectivity index (χ2n) is 3.47. The molecule has 0 aromatic carbocycles. The van der Waals surface area contributed by atoms with Crippen LogP contribution in [0, 0.1) is 0 Å². The van der Waals surface area contributed by atoms with E-state index in [2.05, 4.69) is 0 Å². The van der Waals surface area contributed by atoms with Crippen LogP contribution in [0.4, 0.5) is 0 Å². The molecule has 7 nitrogen and oxygen atoms in total. The molecule has 1 heterocycles. The molecule has 0 amide bonds. The van der Waals surface area contributed by atoms with Gasteiger partial charge in [0.1, 0.15) is 24.4 Å². The van der Waals surface area contributed by atoms with E-state index in [1.165, 1.54) is 0 Å². The quantitative estimate of drug-likeness (QED) is 0.351. The van der Waals surface area contributed by atoms with E-state index >= 15 is 0 Å². The van der Waals surface area contributed by atoms with Gasteiger partial charge in [0.05, 0.1) is 19.1 Å². The van der Waals surface area contributed by atoms with E-state index in [1.807, 2.05) is 0 Å². The van der Waals surface area contributed by atoms with Crippen LogP contribution in [0.3, 0.4) is 0 Å². The van der Waals surface area contributed by atoms with Crippen molar-refractivity contribution in [2.75, 3.05) is 6.61 Å². The van der Waals surface area contributed by atoms with Gasteiger partial charge in [-0.15, -0.1) is 0 Å². The van der Waals surface area contributed by atoms with Crippen molar-refractivity contribution in [1.82, 2.24) is 0 Å². The molecule has 0 aromatic heterocycles. The first kappa shape index (κ1) is 12.3. The fourth-order valence-corrected chi connectivity index (χ4v) is 1.52. The molecule has 0 spiro atoms. The monoisotopic (exact) mass is 222 g/mol. The summed E-state index contributed by atoms with van der Waals surface area (Å²) >= 11 is 0. The van der Waals surface area contributed by atoms with Gasteiger partial charge in [0, 0.05) is 0 Å². The van der Waals surface area contributed by atoms with Gasteiger partial charge in [-0.3, -0.25) is 4.79 Å². The summed E-state index contributed by atoms with van der Waals surface area (Å²) in [7, 11) is 0. The molecule has 0 radical (unpaired) electrons. The molecule has 0 aliphatic carbocycles. The Morgan fingerprint density at radius 1 is 1.07 bits per heavy atom. The molecular weight excluding hydrogens is 208 g/mol. The molecule has 5 N–H and O–H groups in total. The van der Waals surface area contributed by atoms with E-state index in [0.29, 0.717) is 0 Å². The predicted molar refractivity (Wildman–Crippen MR) is 46.0 cm³/mol. The fraction of sp³-hybridized carbons (Fsp3) is 0.875. The first-order chi connectivity index (χ1) is 6.97. The van der Waals surface area contributed by atoms with Gasteiger partial charge in [-0.2, -0.15) is 0 Å². The summed E-state index contributed by atoms with van der Waals surface area (Å²) in [5.41, 5.74) is 0. The van der Waals surface area contributed by atoms with Crippen LogP contribution in [0.15, 0.2) is 0 Å². The van der Waals surface area contributed by atoms with Crippen LogP contribution < -0.4 is 0 Å². The topological polar surface area (TPSA) is 127 Å². The van der Waals surface area contributed by atoms with Gasteiger partial charge >= 0.3 is 5.97 Å². The SMILES string of the molecule is O=C(O)C[C@@H]1O[C@H](CO)[C@@H](O)[C@H](O)[C@H]1O. The molecule has 1 fully saturated rings. The largest absolute Gasteiger partial charge is 0.481 e. The smallest absolute Gasteiger partial charge is 0.306 e. The molecule has 0 bridgehead atoms. The van der Waals surface area contributed by atoms with Gasteiger partial charge in [-0.25, -0.2) is 0 Å². The van der Waals surface area contributed by atoms with Crippen LogP contribution in [0.1, 0.15) is 6.42 Å². The molecule has 88 valence electrons. The third-order valence-corrected chi connectivity index (χ3v) is 2.37. The summed E-state index contributed by atoms with van der Waals surface area (Å²) in [6.07, 6.45) is -7.11. The number of aliphatic carboxylic acids is 1. The summed E-state index contributed by atoms with van der Waals surface area (Å²) in [5, 5.41) is 45.3. The van der Waals surface area contributed by atoms with Gasteiger partial charge < -0.3 is 30.3 Å². The Kier molecular flexibility index (Phi) is 4.00. The maximum absolute atomic E-state index is 10.4. The lowest BCUT2D eigenvalue weighted by Crippen LogP contribution is -2.58. The van der Waals surface area contributed by atoms with Crippen LogP contribution >= 0.6 is 0 Å². The Morgan fingerprint density at radius 3 is 2.07 bits per heavy atom. The van der Waals surface area contributed by atoms with Gasteiger partial charge in [0.2, 0.25) is 0 Å². The molecule has 7 heteroatoms. The minimum absolute atomic E-state index is 0.499. The number of aliphatic hydroxyl groups is 4. The van der Waals surface area contributed by atoms with Gasteiger partial charge in [0.25, 0.3) is 0 Å². The van der Waals surface area contributed by atoms with E-state index in [1.54, 1.807) is 0 Å². The second kappa shape index (κ2) is 4.86. The zero-order chi connectivity index (χ0) is 11.6. The lowest BCUT2D eigenvalue weighted by Gasteiger charge is -2.39. The molecule has 0 aromatic rings. The molecule has 15 heavy (non-hydrogen) atoms. The number of carboxylic acids is 1. The highest BCUT2D eigenvalue weighted by atomic mass is 16.5. The zero-order valence-corrected chi connectivity index (χ0v) is 7.85. The summed E-state index contributed by atoms with van der Waals surface area (Å²) in [6, 6.07) is 0. The minimum atomic E-state index is -1.51. The first-order valence-electron chi connectivity index (χ1n) is 4.49. The average molecular weight is 222 g/mol. The lowest BCUT2D eigenvalue weighted by molar-refractivity contribution is -0.231. The van der Waals surface area contributed by atoms with Crippen LogP contribution in [0.2, 0.25) is 0 Å². The van der Waals surface area contributed by atoms with Gasteiger partial charge in [-0.05, 0) is 0 Å². The Hall–Kier alpha value is -0.730. The van der Waals surface area contributed by atoms with Crippen LogP contribution in [0.25, 0.3) is 0 Å². The molecule has 0 unspecified atom stereocenters. The molecular formula is C8H14O7. The van der Waals surface area contributed by atoms with Crippen LogP contribution in [-0.2, 0) is 9.53 Å². The van der Waals surface area contributed by atoms with Crippen molar-refractivity contribution in [3.8, 4) is 0 Å². The summed E-state index contributed by atoms with van der Waals surface area (Å²) in [4.78, 5) is 10.4. The second-order valence-corrected chi connectivity index (χ2v) is 3.47. The van der Waals surface area contributed by atoms with Crippen molar-refractivity contribution in [2.24, 2.45) is 0 Å². The van der Waals surface area contributed by atoms with Crippen LogP contribution in [-0.4, -0.2) is 68.6 Å². The Labute approximate surface area is 85.5 Å². The third-order valence-electron chi connectivity index (χ3n) is 2.37. The van der Waals surface area contributed by atoms with Gasteiger partial charge in [0.15, 0.2) is 0 Å². The maximum atomic E-state index is 10.4. The Morgan fingerprint density at radius 2 is 1.60 bits per heavy atom. The van der Waals surface area contributed by atoms with Crippen LogP contribution in [0.5, 0.6) is 0 Å². The van der Waals surface area contributed by atoms with Crippen molar-refractivity contribution in [2.45, 2.75) is 36.9 Å². The maximum Gasteiger partial charge on any atom is 0.306 e. The number of carbonyl (C=O) groups is 1. The summed E-state index contributed by atoms with van der Waals surface area (Å²) in [6.45, 7) is -0.554. The van der Waals surface area contributed by atoms with Crippen molar-refractivity contribution in [3.05, 3.63) is 0 Å². The van der Waals surface area contributed by atoms with Gasteiger partial charge in [-0.1, -0.05) is 0 Å².